The van der Waals surface area contributed by atoms with Gasteiger partial charge in [0.25, 0.3) is 0 Å². The van der Waals surface area contributed by atoms with E-state index >= 15 is 0 Å². The zero-order valence-corrected chi connectivity index (χ0v) is 9.05. The molecule has 0 saturated heterocycles. The van der Waals surface area contributed by atoms with Crippen molar-refractivity contribution < 1.29 is 17.9 Å². The van der Waals surface area contributed by atoms with Crippen molar-refractivity contribution in [2.24, 2.45) is 5.73 Å². The highest BCUT2D eigenvalue weighted by Gasteiger charge is 2.29. The van der Waals surface area contributed by atoms with Crippen molar-refractivity contribution in [3.05, 3.63) is 34.9 Å². The lowest BCUT2D eigenvalue weighted by atomic mass is 10.1. The number of rotatable bonds is 4. The van der Waals surface area contributed by atoms with Crippen molar-refractivity contribution in [2.45, 2.75) is 12.3 Å². The van der Waals surface area contributed by atoms with Crippen LogP contribution in [0.15, 0.2) is 24.3 Å². The van der Waals surface area contributed by atoms with E-state index in [-0.39, 0.29) is 6.54 Å². The van der Waals surface area contributed by atoms with Gasteiger partial charge in [0.1, 0.15) is 6.61 Å². The Labute approximate surface area is 96.1 Å². The van der Waals surface area contributed by atoms with Gasteiger partial charge < -0.3 is 10.5 Å². The Kier molecular flexibility index (Phi) is 4.58. The van der Waals surface area contributed by atoms with Crippen LogP contribution in [0.25, 0.3) is 0 Å². The highest BCUT2D eigenvalue weighted by Crippen LogP contribution is 2.23. The van der Waals surface area contributed by atoms with E-state index in [0.717, 1.165) is 0 Å². The van der Waals surface area contributed by atoms with Gasteiger partial charge in [0.2, 0.25) is 0 Å². The molecule has 6 heteroatoms. The summed E-state index contributed by atoms with van der Waals surface area (Å²) in [5, 5.41) is 0.437. The number of benzene rings is 1. The lowest BCUT2D eigenvalue weighted by molar-refractivity contribution is -0.185. The molecular formula is C10H11ClF3NO. The van der Waals surface area contributed by atoms with Gasteiger partial charge in [0.15, 0.2) is 0 Å². The van der Waals surface area contributed by atoms with E-state index in [1.165, 1.54) is 6.07 Å². The summed E-state index contributed by atoms with van der Waals surface area (Å²) >= 11 is 5.72. The van der Waals surface area contributed by atoms with Gasteiger partial charge in [-0.15, -0.1) is 0 Å². The molecule has 16 heavy (non-hydrogen) atoms. The predicted molar refractivity (Wildman–Crippen MR) is 55.3 cm³/mol. The normalized spacial score (nSPS) is 13.8. The third-order valence-corrected chi connectivity index (χ3v) is 2.12. The van der Waals surface area contributed by atoms with E-state index in [9.17, 15) is 13.2 Å². The second-order valence-corrected chi connectivity index (χ2v) is 3.64. The molecule has 1 unspecified atom stereocenters. The zero-order chi connectivity index (χ0) is 12.2. The molecule has 0 aliphatic heterocycles. The van der Waals surface area contributed by atoms with Crippen molar-refractivity contribution in [3.63, 3.8) is 0 Å². The molecule has 0 amide bonds. The minimum atomic E-state index is -4.36. The number of hydrogen-bond acceptors (Lipinski definition) is 2. The summed E-state index contributed by atoms with van der Waals surface area (Å²) in [5.41, 5.74) is 5.89. The van der Waals surface area contributed by atoms with E-state index in [1.807, 2.05) is 0 Å². The minimum Gasteiger partial charge on any atom is -0.363 e. The van der Waals surface area contributed by atoms with E-state index in [1.54, 1.807) is 18.2 Å². The van der Waals surface area contributed by atoms with Gasteiger partial charge in [-0.1, -0.05) is 23.7 Å². The second-order valence-electron chi connectivity index (χ2n) is 3.21. The summed E-state index contributed by atoms with van der Waals surface area (Å²) < 4.78 is 40.6. The smallest absolute Gasteiger partial charge is 0.363 e. The topological polar surface area (TPSA) is 35.2 Å². The summed E-state index contributed by atoms with van der Waals surface area (Å²) in [4.78, 5) is 0. The standard InChI is InChI=1S/C10H11ClF3NO/c11-8-3-1-2-7(4-8)9(5-15)16-6-10(12,13)14/h1-4,9H,5-6,15H2. The summed E-state index contributed by atoms with van der Waals surface area (Å²) in [5.74, 6) is 0. The largest absolute Gasteiger partial charge is 0.411 e. The average Bonchev–Trinajstić information content (AvgIpc) is 2.17. The first kappa shape index (κ1) is 13.3. The van der Waals surface area contributed by atoms with Crippen LogP contribution in [0.4, 0.5) is 13.2 Å². The molecule has 2 nitrogen and oxygen atoms in total. The van der Waals surface area contributed by atoms with Gasteiger partial charge in [0.05, 0.1) is 6.10 Å². The molecule has 1 atom stereocenters. The summed E-state index contributed by atoms with van der Waals surface area (Å²) in [6.45, 7) is -1.35. The van der Waals surface area contributed by atoms with Crippen LogP contribution in [0.5, 0.6) is 0 Å². The number of halogens is 4. The first-order valence-corrected chi connectivity index (χ1v) is 4.94. The maximum Gasteiger partial charge on any atom is 0.411 e. The predicted octanol–water partition coefficient (Wildman–Crippen LogP) is 2.92. The minimum absolute atomic E-state index is 0.0313. The maximum atomic E-state index is 12.0. The lowest BCUT2D eigenvalue weighted by Crippen LogP contribution is -2.23. The summed E-state index contributed by atoms with van der Waals surface area (Å²) in [7, 11) is 0. The third-order valence-electron chi connectivity index (χ3n) is 1.88. The molecular weight excluding hydrogens is 243 g/mol. The van der Waals surface area contributed by atoms with Crippen LogP contribution >= 0.6 is 11.6 Å². The van der Waals surface area contributed by atoms with Crippen LogP contribution < -0.4 is 5.73 Å². The van der Waals surface area contributed by atoms with Gasteiger partial charge >= 0.3 is 6.18 Å². The monoisotopic (exact) mass is 253 g/mol. The lowest BCUT2D eigenvalue weighted by Gasteiger charge is -2.17. The van der Waals surface area contributed by atoms with Crippen molar-refractivity contribution in [2.75, 3.05) is 13.2 Å². The van der Waals surface area contributed by atoms with Gasteiger partial charge in [0, 0.05) is 11.6 Å². The van der Waals surface area contributed by atoms with Crippen molar-refractivity contribution in [1.29, 1.82) is 0 Å². The average molecular weight is 254 g/mol. The van der Waals surface area contributed by atoms with Crippen LogP contribution in [0, 0.1) is 0 Å². The van der Waals surface area contributed by atoms with E-state index in [2.05, 4.69) is 4.74 Å². The number of hydrogen-bond donors (Lipinski definition) is 1. The zero-order valence-electron chi connectivity index (χ0n) is 8.30. The highest BCUT2D eigenvalue weighted by atomic mass is 35.5. The van der Waals surface area contributed by atoms with Crippen molar-refractivity contribution in [1.82, 2.24) is 0 Å². The quantitative estimate of drug-likeness (QED) is 0.895. The molecule has 0 fully saturated rings. The van der Waals surface area contributed by atoms with Gasteiger partial charge in [-0.2, -0.15) is 13.2 Å². The van der Waals surface area contributed by atoms with Gasteiger partial charge in [-0.3, -0.25) is 0 Å². The highest BCUT2D eigenvalue weighted by molar-refractivity contribution is 6.30. The second kappa shape index (κ2) is 5.52. The van der Waals surface area contributed by atoms with Crippen LogP contribution in [0.2, 0.25) is 5.02 Å². The fraction of sp³-hybridized carbons (Fsp3) is 0.400. The SMILES string of the molecule is NCC(OCC(F)(F)F)c1cccc(Cl)c1. The molecule has 1 aromatic carbocycles. The Morgan fingerprint density at radius 1 is 1.38 bits per heavy atom. The third kappa shape index (κ3) is 4.38. The van der Waals surface area contributed by atoms with Gasteiger partial charge in [-0.05, 0) is 17.7 Å². The molecule has 0 radical (unpaired) electrons. The number of ether oxygens (including phenoxy) is 1. The van der Waals surface area contributed by atoms with Crippen LogP contribution in [-0.2, 0) is 4.74 Å². The first-order chi connectivity index (χ1) is 7.42. The van der Waals surface area contributed by atoms with E-state index in [4.69, 9.17) is 17.3 Å². The fourth-order valence-corrected chi connectivity index (χ4v) is 1.40. The molecule has 0 saturated carbocycles. The summed E-state index contributed by atoms with van der Waals surface area (Å²) in [6, 6.07) is 6.43. The van der Waals surface area contributed by atoms with Crippen LogP contribution in [0.3, 0.4) is 0 Å². The number of nitrogens with two attached hydrogens (primary N) is 1. The number of alkyl halides is 3. The van der Waals surface area contributed by atoms with E-state index in [0.29, 0.717) is 10.6 Å². The molecule has 0 aliphatic rings. The Bertz CT molecular complexity index is 343. The van der Waals surface area contributed by atoms with Gasteiger partial charge in [-0.25, -0.2) is 0 Å². The maximum absolute atomic E-state index is 12.0. The van der Waals surface area contributed by atoms with Crippen molar-refractivity contribution >= 4 is 11.6 Å². The van der Waals surface area contributed by atoms with Crippen LogP contribution in [-0.4, -0.2) is 19.3 Å². The molecule has 90 valence electrons. The molecule has 0 spiro atoms. The summed E-state index contributed by atoms with van der Waals surface area (Å²) in [6.07, 6.45) is -5.15. The van der Waals surface area contributed by atoms with Crippen LogP contribution in [0.1, 0.15) is 11.7 Å². The van der Waals surface area contributed by atoms with Crippen molar-refractivity contribution in [3.8, 4) is 0 Å². The molecule has 0 bridgehead atoms. The van der Waals surface area contributed by atoms with E-state index < -0.39 is 18.9 Å². The first-order valence-electron chi connectivity index (χ1n) is 4.56. The molecule has 0 aliphatic carbocycles. The molecule has 0 aromatic heterocycles. The Morgan fingerprint density at radius 3 is 2.56 bits per heavy atom. The Balaban J connectivity index is 2.68. The molecule has 1 rings (SSSR count). The molecule has 0 heterocycles. The fourth-order valence-electron chi connectivity index (χ4n) is 1.20. The Hall–Kier alpha value is -0.780. The Morgan fingerprint density at radius 2 is 2.06 bits per heavy atom. The molecule has 1 aromatic rings. The molecule has 2 N–H and O–H groups in total.